The van der Waals surface area contributed by atoms with Crippen LogP contribution in [0.3, 0.4) is 0 Å². The van der Waals surface area contributed by atoms with E-state index in [1.165, 1.54) is 0 Å². The highest BCUT2D eigenvalue weighted by molar-refractivity contribution is 6.60. The number of rotatable bonds is 6. The van der Waals surface area contributed by atoms with Crippen molar-refractivity contribution >= 4 is 31.4 Å². The van der Waals surface area contributed by atoms with Crippen molar-refractivity contribution in [2.24, 2.45) is 0 Å². The highest BCUT2D eigenvalue weighted by Crippen LogP contribution is 2.14. The van der Waals surface area contributed by atoms with Gasteiger partial charge in [-0.15, -0.1) is 11.6 Å². The third-order valence-electron chi connectivity index (χ3n) is 1.55. The van der Waals surface area contributed by atoms with Crippen LogP contribution in [0.1, 0.15) is 6.42 Å². The second-order valence-electron chi connectivity index (χ2n) is 2.09. The molecule has 0 bridgehead atoms. The van der Waals surface area contributed by atoms with Gasteiger partial charge in [0.05, 0.1) is 0 Å². The first kappa shape index (κ1) is 19.2. The molecule has 0 heterocycles. The molecule has 0 fully saturated rings. The summed E-state index contributed by atoms with van der Waals surface area (Å²) in [6.45, 7) is 0. The van der Waals surface area contributed by atoms with E-state index in [1.807, 2.05) is 0 Å². The van der Waals surface area contributed by atoms with E-state index in [9.17, 15) is 0 Å². The lowest BCUT2D eigenvalue weighted by Crippen LogP contribution is -2.42. The van der Waals surface area contributed by atoms with Gasteiger partial charge in [-0.2, -0.15) is 0 Å². The average molecular weight is 248 g/mol. The van der Waals surface area contributed by atoms with Crippen molar-refractivity contribution in [1.82, 2.24) is 6.15 Å². The van der Waals surface area contributed by atoms with Gasteiger partial charge < -0.3 is 19.4 Å². The molecule has 0 saturated carbocycles. The van der Waals surface area contributed by atoms with Crippen molar-refractivity contribution in [2.45, 2.75) is 12.5 Å². The lowest BCUT2D eigenvalue weighted by atomic mass is 10.6. The van der Waals surface area contributed by atoms with Gasteiger partial charge in [-0.1, -0.05) is 0 Å². The Balaban J connectivity index is -0.000000500. The zero-order valence-corrected chi connectivity index (χ0v) is 9.69. The standard InChI is InChI=1S/C6H15ClO3Si.H3N.H4Si/c1-8-11(9-2,10-3)6-4-5-7;;/h4-6H2,1-3H3;1H3;1H4. The van der Waals surface area contributed by atoms with Crippen LogP contribution in [0, 0.1) is 0 Å². The molecule has 0 aromatic carbocycles. The van der Waals surface area contributed by atoms with Gasteiger partial charge in [-0.05, 0) is 17.4 Å². The number of alkyl halides is 1. The van der Waals surface area contributed by atoms with E-state index in [0.717, 1.165) is 12.5 Å². The smallest absolute Gasteiger partial charge is 0.377 e. The van der Waals surface area contributed by atoms with Crippen LogP contribution in [-0.4, -0.2) is 47.0 Å². The summed E-state index contributed by atoms with van der Waals surface area (Å²) in [5.74, 6) is 0.616. The Morgan fingerprint density at radius 1 is 1.08 bits per heavy atom. The quantitative estimate of drug-likeness (QED) is 0.538. The monoisotopic (exact) mass is 247 g/mol. The molecule has 3 N–H and O–H groups in total. The van der Waals surface area contributed by atoms with E-state index in [4.69, 9.17) is 24.9 Å². The van der Waals surface area contributed by atoms with Gasteiger partial charge in [0.1, 0.15) is 0 Å². The molecule has 0 radical (unpaired) electrons. The van der Waals surface area contributed by atoms with Crippen LogP contribution in [0.25, 0.3) is 0 Å². The van der Waals surface area contributed by atoms with E-state index in [0.29, 0.717) is 5.88 Å². The first-order valence-electron chi connectivity index (χ1n) is 3.46. The Morgan fingerprint density at radius 2 is 1.46 bits per heavy atom. The van der Waals surface area contributed by atoms with E-state index in [-0.39, 0.29) is 17.1 Å². The van der Waals surface area contributed by atoms with Gasteiger partial charge in [-0.25, -0.2) is 0 Å². The van der Waals surface area contributed by atoms with E-state index in [2.05, 4.69) is 0 Å². The molecule has 0 unspecified atom stereocenters. The van der Waals surface area contributed by atoms with Gasteiger partial charge in [0.25, 0.3) is 0 Å². The molecule has 0 aliphatic rings. The fourth-order valence-electron chi connectivity index (χ4n) is 0.840. The van der Waals surface area contributed by atoms with E-state index < -0.39 is 8.80 Å². The summed E-state index contributed by atoms with van der Waals surface area (Å²) in [7, 11) is 2.49. The topological polar surface area (TPSA) is 62.7 Å². The third kappa shape index (κ3) is 6.61. The van der Waals surface area contributed by atoms with E-state index in [1.54, 1.807) is 21.3 Å². The number of hydrogen-bond donors (Lipinski definition) is 1. The second kappa shape index (κ2) is 10.6. The molecule has 0 saturated heterocycles. The van der Waals surface area contributed by atoms with Crippen LogP contribution in [0.15, 0.2) is 0 Å². The van der Waals surface area contributed by atoms with Crippen molar-refractivity contribution in [1.29, 1.82) is 0 Å². The highest BCUT2D eigenvalue weighted by atomic mass is 35.5. The first-order valence-corrected chi connectivity index (χ1v) is 5.92. The molecule has 0 amide bonds. The summed E-state index contributed by atoms with van der Waals surface area (Å²) >= 11 is 5.53. The molecule has 0 aromatic heterocycles. The van der Waals surface area contributed by atoms with Crippen LogP contribution >= 0.6 is 11.6 Å². The molecular weight excluding hydrogens is 226 g/mol. The van der Waals surface area contributed by atoms with Gasteiger partial charge in [-0.3, -0.25) is 0 Å². The molecule has 84 valence electrons. The largest absolute Gasteiger partial charge is 0.500 e. The minimum atomic E-state index is -2.32. The molecule has 13 heavy (non-hydrogen) atoms. The van der Waals surface area contributed by atoms with Crippen molar-refractivity contribution in [3.05, 3.63) is 0 Å². The van der Waals surface area contributed by atoms with Gasteiger partial charge in [0.2, 0.25) is 0 Å². The number of hydrogen-bond acceptors (Lipinski definition) is 4. The van der Waals surface area contributed by atoms with Crippen LogP contribution < -0.4 is 6.15 Å². The highest BCUT2D eigenvalue weighted by Gasteiger charge is 2.36. The minimum Gasteiger partial charge on any atom is -0.377 e. The van der Waals surface area contributed by atoms with Crippen molar-refractivity contribution < 1.29 is 13.3 Å². The Morgan fingerprint density at radius 3 is 1.69 bits per heavy atom. The minimum absolute atomic E-state index is 0. The normalized spacial score (nSPS) is 10.2. The van der Waals surface area contributed by atoms with Gasteiger partial charge >= 0.3 is 8.80 Å². The second-order valence-corrected chi connectivity index (χ2v) is 5.56. The summed E-state index contributed by atoms with van der Waals surface area (Å²) in [4.78, 5) is 0. The van der Waals surface area contributed by atoms with Crippen molar-refractivity contribution in [3.63, 3.8) is 0 Å². The van der Waals surface area contributed by atoms with Crippen molar-refractivity contribution in [2.75, 3.05) is 27.2 Å². The predicted octanol–water partition coefficient (Wildman–Crippen LogP) is 0.204. The van der Waals surface area contributed by atoms with Crippen molar-refractivity contribution in [3.8, 4) is 0 Å². The fourth-order valence-corrected chi connectivity index (χ4v) is 2.92. The summed E-state index contributed by atoms with van der Waals surface area (Å²) in [6.07, 6.45) is 0.864. The molecule has 0 aromatic rings. The molecule has 0 aliphatic carbocycles. The summed E-state index contributed by atoms with van der Waals surface area (Å²) in [6, 6.07) is 0.778. The Labute approximate surface area is 90.9 Å². The van der Waals surface area contributed by atoms with E-state index >= 15 is 0 Å². The van der Waals surface area contributed by atoms with Crippen LogP contribution in [0.5, 0.6) is 0 Å². The average Bonchev–Trinajstić information content (AvgIpc) is 2.08. The van der Waals surface area contributed by atoms with Gasteiger partial charge in [0.15, 0.2) is 0 Å². The van der Waals surface area contributed by atoms with Gasteiger partial charge in [0, 0.05) is 33.3 Å². The first-order chi connectivity index (χ1) is 5.24. The summed E-state index contributed by atoms with van der Waals surface area (Å²) in [5, 5.41) is 0. The Bertz CT molecular complexity index is 97.6. The molecule has 0 aliphatic heterocycles. The molecule has 0 atom stereocenters. The summed E-state index contributed by atoms with van der Waals surface area (Å²) < 4.78 is 15.5. The molecule has 0 spiro atoms. The molecule has 0 rings (SSSR count). The number of halogens is 1. The third-order valence-corrected chi connectivity index (χ3v) is 4.65. The fraction of sp³-hybridized carbons (Fsp3) is 1.00. The van der Waals surface area contributed by atoms with Crippen LogP contribution in [0.2, 0.25) is 6.04 Å². The zero-order valence-electron chi connectivity index (χ0n) is 7.93. The maximum absolute atomic E-state index is 5.53. The predicted molar refractivity (Wildman–Crippen MR) is 63.3 cm³/mol. The molecule has 4 nitrogen and oxygen atoms in total. The maximum Gasteiger partial charge on any atom is 0.500 e. The van der Waals surface area contributed by atoms with Crippen LogP contribution in [-0.2, 0) is 13.3 Å². The zero-order chi connectivity index (χ0) is 8.74. The lowest BCUT2D eigenvalue weighted by molar-refractivity contribution is 0.123. The van der Waals surface area contributed by atoms with Crippen LogP contribution in [0.4, 0.5) is 0 Å². The Hall–Kier alpha value is 0.564. The molecule has 7 heteroatoms. The molecular formula is C6H22ClNO3Si2. The SMILES string of the molecule is CO[Si](CCCCl)(OC)OC.N.[SiH4]. The maximum atomic E-state index is 5.53. The Kier molecular flexibility index (Phi) is 15.7. The summed E-state index contributed by atoms with van der Waals surface area (Å²) in [5.41, 5.74) is 0. The lowest BCUT2D eigenvalue weighted by Gasteiger charge is -2.23.